The highest BCUT2D eigenvalue weighted by Gasteiger charge is 2.01. The monoisotopic (exact) mass is 249 g/mol. The van der Waals surface area contributed by atoms with Gasteiger partial charge in [0.1, 0.15) is 0 Å². The lowest BCUT2D eigenvalue weighted by molar-refractivity contribution is 0.429. The van der Waals surface area contributed by atoms with Crippen LogP contribution in [0.3, 0.4) is 0 Å². The maximum absolute atomic E-state index is 5.27. The van der Waals surface area contributed by atoms with Crippen molar-refractivity contribution in [2.75, 3.05) is 17.6 Å². The van der Waals surface area contributed by atoms with Crippen LogP contribution < -0.4 is 5.32 Å². The Morgan fingerprint density at radius 3 is 2.88 bits per heavy atom. The molecule has 17 heavy (non-hydrogen) atoms. The fourth-order valence-electron chi connectivity index (χ4n) is 1.43. The molecule has 1 heterocycles. The van der Waals surface area contributed by atoms with Crippen LogP contribution in [0.4, 0.5) is 5.69 Å². The molecule has 0 amide bonds. The third-order valence-electron chi connectivity index (χ3n) is 2.18. The zero-order chi connectivity index (χ0) is 12.1. The predicted octanol–water partition coefficient (Wildman–Crippen LogP) is 2.89. The Morgan fingerprint density at radius 2 is 2.18 bits per heavy atom. The van der Waals surface area contributed by atoms with Crippen LogP contribution in [0.15, 0.2) is 33.9 Å². The standard InChI is InChI=1S/C12H15N3OS/c1-9-4-3-5-11(8-9)13-6-7-17-12-15-14-10(2)16-12/h3-5,8,13H,6-7H2,1-2H3. The van der Waals surface area contributed by atoms with Crippen LogP contribution >= 0.6 is 11.8 Å². The number of nitrogens with zero attached hydrogens (tertiary/aromatic N) is 2. The first-order valence-corrected chi connectivity index (χ1v) is 6.46. The molecule has 0 aliphatic heterocycles. The lowest BCUT2D eigenvalue weighted by Gasteiger charge is -2.05. The molecule has 0 fully saturated rings. The van der Waals surface area contributed by atoms with E-state index >= 15 is 0 Å². The van der Waals surface area contributed by atoms with E-state index in [1.807, 2.05) is 6.07 Å². The molecule has 4 nitrogen and oxygen atoms in total. The molecule has 1 aromatic heterocycles. The Hall–Kier alpha value is -1.49. The molecule has 90 valence electrons. The second-order valence-corrected chi connectivity index (χ2v) is 4.78. The van der Waals surface area contributed by atoms with E-state index in [0.717, 1.165) is 18.0 Å². The highest BCUT2D eigenvalue weighted by atomic mass is 32.2. The minimum Gasteiger partial charge on any atom is -0.416 e. The van der Waals surface area contributed by atoms with Crippen LogP contribution in [-0.4, -0.2) is 22.5 Å². The largest absolute Gasteiger partial charge is 0.416 e. The zero-order valence-electron chi connectivity index (χ0n) is 9.93. The average molecular weight is 249 g/mol. The van der Waals surface area contributed by atoms with Gasteiger partial charge in [0, 0.05) is 24.9 Å². The van der Waals surface area contributed by atoms with E-state index in [4.69, 9.17) is 4.42 Å². The molecule has 0 atom stereocenters. The summed E-state index contributed by atoms with van der Waals surface area (Å²) in [7, 11) is 0. The van der Waals surface area contributed by atoms with E-state index in [1.54, 1.807) is 18.7 Å². The summed E-state index contributed by atoms with van der Waals surface area (Å²) in [5.41, 5.74) is 2.41. The second kappa shape index (κ2) is 5.72. The normalized spacial score (nSPS) is 10.5. The molecule has 2 rings (SSSR count). The van der Waals surface area contributed by atoms with Crippen molar-refractivity contribution in [1.82, 2.24) is 10.2 Å². The fraction of sp³-hybridized carbons (Fsp3) is 0.333. The SMILES string of the molecule is Cc1cccc(NCCSc2nnc(C)o2)c1. The van der Waals surface area contributed by atoms with Gasteiger partial charge in [0.25, 0.3) is 5.22 Å². The van der Waals surface area contributed by atoms with E-state index in [9.17, 15) is 0 Å². The summed E-state index contributed by atoms with van der Waals surface area (Å²) in [5.74, 6) is 1.51. The highest BCUT2D eigenvalue weighted by molar-refractivity contribution is 7.99. The van der Waals surface area contributed by atoms with Crippen molar-refractivity contribution in [2.24, 2.45) is 0 Å². The number of rotatable bonds is 5. The third-order valence-corrected chi connectivity index (χ3v) is 3.00. The first kappa shape index (κ1) is 12.0. The fourth-order valence-corrected chi connectivity index (χ4v) is 2.08. The van der Waals surface area contributed by atoms with Gasteiger partial charge in [-0.05, 0) is 24.6 Å². The lowest BCUT2D eigenvalue weighted by Crippen LogP contribution is -2.03. The van der Waals surface area contributed by atoms with Crippen LogP contribution in [0, 0.1) is 13.8 Å². The van der Waals surface area contributed by atoms with Crippen molar-refractivity contribution < 1.29 is 4.42 Å². The number of nitrogens with one attached hydrogen (secondary N) is 1. The minimum absolute atomic E-state index is 0.610. The van der Waals surface area contributed by atoms with Crippen LogP contribution in [0.1, 0.15) is 11.5 Å². The summed E-state index contributed by atoms with van der Waals surface area (Å²) in [6, 6.07) is 8.32. The van der Waals surface area contributed by atoms with Gasteiger partial charge in [-0.2, -0.15) is 0 Å². The van der Waals surface area contributed by atoms with Crippen molar-refractivity contribution >= 4 is 17.4 Å². The van der Waals surface area contributed by atoms with Crippen LogP contribution in [0.2, 0.25) is 0 Å². The Balaban J connectivity index is 1.73. The van der Waals surface area contributed by atoms with Crippen molar-refractivity contribution in [3.63, 3.8) is 0 Å². The van der Waals surface area contributed by atoms with Crippen molar-refractivity contribution in [3.8, 4) is 0 Å². The van der Waals surface area contributed by atoms with E-state index in [1.165, 1.54) is 5.56 Å². The van der Waals surface area contributed by atoms with E-state index in [-0.39, 0.29) is 0 Å². The molecule has 0 saturated heterocycles. The van der Waals surface area contributed by atoms with Gasteiger partial charge < -0.3 is 9.73 Å². The quantitative estimate of drug-likeness (QED) is 0.652. The predicted molar refractivity (Wildman–Crippen MR) is 69.4 cm³/mol. The summed E-state index contributed by atoms with van der Waals surface area (Å²) in [6.07, 6.45) is 0. The maximum atomic E-state index is 5.27. The first-order valence-electron chi connectivity index (χ1n) is 5.47. The van der Waals surface area contributed by atoms with Crippen LogP contribution in [-0.2, 0) is 0 Å². The number of thioether (sulfide) groups is 1. The summed E-state index contributed by atoms with van der Waals surface area (Å²) >= 11 is 1.56. The Kier molecular flexibility index (Phi) is 4.03. The molecule has 0 bridgehead atoms. The van der Waals surface area contributed by atoms with Gasteiger partial charge in [-0.25, -0.2) is 0 Å². The summed E-state index contributed by atoms with van der Waals surface area (Å²) < 4.78 is 5.27. The van der Waals surface area contributed by atoms with Crippen molar-refractivity contribution in [3.05, 3.63) is 35.7 Å². The van der Waals surface area contributed by atoms with Crippen molar-refractivity contribution in [2.45, 2.75) is 19.1 Å². The molecule has 0 aliphatic rings. The lowest BCUT2D eigenvalue weighted by atomic mass is 10.2. The van der Waals surface area contributed by atoms with Gasteiger partial charge in [0.05, 0.1) is 0 Å². The summed E-state index contributed by atoms with van der Waals surface area (Å²) in [4.78, 5) is 0. The summed E-state index contributed by atoms with van der Waals surface area (Å²) in [5, 5.41) is 11.7. The van der Waals surface area contributed by atoms with Crippen molar-refractivity contribution in [1.29, 1.82) is 0 Å². The molecular formula is C12H15N3OS. The molecule has 0 saturated carbocycles. The van der Waals surface area contributed by atoms with E-state index in [2.05, 4.69) is 40.6 Å². The number of aromatic nitrogens is 2. The third kappa shape index (κ3) is 3.78. The first-order chi connectivity index (χ1) is 8.24. The van der Waals surface area contributed by atoms with Gasteiger partial charge in [-0.3, -0.25) is 0 Å². The molecule has 0 unspecified atom stereocenters. The number of aryl methyl sites for hydroxylation is 2. The van der Waals surface area contributed by atoms with Gasteiger partial charge in [-0.1, -0.05) is 23.9 Å². The molecule has 5 heteroatoms. The molecule has 2 aromatic rings. The smallest absolute Gasteiger partial charge is 0.276 e. The Bertz CT molecular complexity index is 484. The Labute approximate surface area is 105 Å². The van der Waals surface area contributed by atoms with Gasteiger partial charge in [-0.15, -0.1) is 10.2 Å². The Morgan fingerprint density at radius 1 is 1.29 bits per heavy atom. The average Bonchev–Trinajstić information content (AvgIpc) is 2.71. The maximum Gasteiger partial charge on any atom is 0.276 e. The number of benzene rings is 1. The number of anilines is 1. The number of hydrogen-bond donors (Lipinski definition) is 1. The number of hydrogen-bond acceptors (Lipinski definition) is 5. The topological polar surface area (TPSA) is 51.0 Å². The van der Waals surface area contributed by atoms with E-state index in [0.29, 0.717) is 11.1 Å². The highest BCUT2D eigenvalue weighted by Crippen LogP contribution is 2.15. The molecule has 0 radical (unpaired) electrons. The molecule has 1 N–H and O–H groups in total. The summed E-state index contributed by atoms with van der Waals surface area (Å²) in [6.45, 7) is 4.75. The van der Waals surface area contributed by atoms with Crippen LogP contribution in [0.5, 0.6) is 0 Å². The second-order valence-electron chi connectivity index (χ2n) is 3.73. The zero-order valence-corrected chi connectivity index (χ0v) is 10.8. The van der Waals surface area contributed by atoms with Gasteiger partial charge >= 0.3 is 0 Å². The van der Waals surface area contributed by atoms with Gasteiger partial charge in [0.15, 0.2) is 0 Å². The molecule has 1 aromatic carbocycles. The minimum atomic E-state index is 0.610. The van der Waals surface area contributed by atoms with Gasteiger partial charge in [0.2, 0.25) is 5.89 Å². The van der Waals surface area contributed by atoms with Crippen LogP contribution in [0.25, 0.3) is 0 Å². The molecular weight excluding hydrogens is 234 g/mol. The molecule has 0 spiro atoms. The molecule has 0 aliphatic carbocycles. The van der Waals surface area contributed by atoms with E-state index < -0.39 is 0 Å².